The summed E-state index contributed by atoms with van der Waals surface area (Å²) in [7, 11) is -5.90. The van der Waals surface area contributed by atoms with Crippen LogP contribution < -0.4 is 27.0 Å². The summed E-state index contributed by atoms with van der Waals surface area (Å²) < 4.78 is 40.8. The lowest BCUT2D eigenvalue weighted by atomic mass is 9.91. The standard InChI is InChI=1S/C57H64F2N9O12P/c1-2-3-17-44(63-50(71)38-30-37-31-39(19-20-42(37)61-32-38)57(58,59)81(78,79)80)55(76)67-27-10-18-45(67)52(73)62-43(21-23-47(60)69)51(72)65-49(36-13-5-4-6-14-36)56(77)66-28-25-34(26-29-66)11-7-8-12-35-15-9-16-40-41(35)33-68(54(40)75)46-22-24-48(70)64-53(46)74/h4-6,9,13-16,19-20,30-32,34,43-46,49H,2-3,7,10-11,17-18,21-29,33H2,1H3,(H2,60,69)(H,62,73)(H,63,71)(H,65,72)(H,64,70,74)(H2,78,79,80)/t43-,44-,45-,46?,49-/m0/s1. The molecule has 0 saturated carbocycles. The van der Waals surface area contributed by atoms with Crippen LogP contribution in [0.2, 0.25) is 0 Å². The highest BCUT2D eigenvalue weighted by molar-refractivity contribution is 7.52. The summed E-state index contributed by atoms with van der Waals surface area (Å²) in [5.74, 6) is 1.52. The van der Waals surface area contributed by atoms with Crippen LogP contribution in [0.15, 0.2) is 79.0 Å². The first-order valence-corrected chi connectivity index (χ1v) is 28.7. The lowest BCUT2D eigenvalue weighted by Gasteiger charge is -2.35. The van der Waals surface area contributed by atoms with Crippen LogP contribution in [0.5, 0.6) is 0 Å². The van der Waals surface area contributed by atoms with E-state index < -0.39 is 84.5 Å². The zero-order valence-corrected chi connectivity index (χ0v) is 45.4. The molecule has 1 unspecified atom stereocenters. The molecule has 3 saturated heterocycles. The Labute approximate surface area is 465 Å². The minimum Gasteiger partial charge on any atom is -0.370 e. The summed E-state index contributed by atoms with van der Waals surface area (Å²) in [5.41, 5.74) is 2.41. The normalized spacial score (nSPS) is 18.7. The molecular formula is C57H64F2N9O12P. The molecule has 3 fully saturated rings. The van der Waals surface area contributed by atoms with Crippen molar-refractivity contribution in [1.29, 1.82) is 0 Å². The number of nitrogens with two attached hydrogens (primary N) is 1. The number of fused-ring (bicyclic) bond motifs is 2. The van der Waals surface area contributed by atoms with Crippen molar-refractivity contribution in [3.63, 3.8) is 0 Å². The van der Waals surface area contributed by atoms with Gasteiger partial charge in [0.05, 0.1) is 11.1 Å². The number of pyridine rings is 1. The monoisotopic (exact) mass is 1140 g/mol. The number of amides is 9. The van der Waals surface area contributed by atoms with Gasteiger partial charge < -0.3 is 46.2 Å². The Morgan fingerprint density at radius 3 is 2.35 bits per heavy atom. The molecule has 21 nitrogen and oxygen atoms in total. The molecule has 3 aromatic carbocycles. The Bertz CT molecular complexity index is 3230. The van der Waals surface area contributed by atoms with Crippen molar-refractivity contribution in [3.8, 4) is 11.8 Å². The van der Waals surface area contributed by atoms with Gasteiger partial charge in [-0.2, -0.15) is 8.78 Å². The second kappa shape index (κ2) is 25.7. The molecule has 4 aromatic rings. The van der Waals surface area contributed by atoms with E-state index in [0.29, 0.717) is 68.3 Å². The molecule has 5 heterocycles. The van der Waals surface area contributed by atoms with E-state index >= 15 is 0 Å². The SMILES string of the molecule is CCCC[C@H](NC(=O)c1cnc2ccc(C(F)(F)P(=O)(O)O)cc2c1)C(=O)N1CCC[C@H]1C(=O)N[C@@H](CCC(N)=O)C(=O)N[C@H](C(=O)N1CCC(CCC#Cc2cccc3c2CN(C2CCC(=O)NC2=O)C3=O)CC1)c1ccccc1. The predicted molar refractivity (Wildman–Crippen MR) is 289 cm³/mol. The van der Waals surface area contributed by atoms with Crippen LogP contribution in [0.1, 0.15) is 139 Å². The van der Waals surface area contributed by atoms with Crippen molar-refractivity contribution in [2.24, 2.45) is 11.7 Å². The minimum atomic E-state index is -5.90. The van der Waals surface area contributed by atoms with Gasteiger partial charge in [-0.3, -0.25) is 58.0 Å². The number of piperidine rings is 2. The van der Waals surface area contributed by atoms with Crippen LogP contribution in [0, 0.1) is 17.8 Å². The molecule has 4 aliphatic heterocycles. The molecule has 9 amide bonds. The lowest BCUT2D eigenvalue weighted by molar-refractivity contribution is -0.141. The number of halogens is 2. The van der Waals surface area contributed by atoms with E-state index in [1.807, 2.05) is 13.0 Å². The molecular weight excluding hydrogens is 1070 g/mol. The average molecular weight is 1140 g/mol. The van der Waals surface area contributed by atoms with Crippen molar-refractivity contribution in [3.05, 3.63) is 112 Å². The Balaban J connectivity index is 0.891. The topological polar surface area (TPSA) is 308 Å². The Morgan fingerprint density at radius 1 is 0.889 bits per heavy atom. The number of rotatable bonds is 20. The van der Waals surface area contributed by atoms with Crippen molar-refractivity contribution >= 4 is 71.7 Å². The van der Waals surface area contributed by atoms with Crippen LogP contribution in [-0.4, -0.2) is 126 Å². The summed E-state index contributed by atoms with van der Waals surface area (Å²) in [6, 6.07) is 12.3. The van der Waals surface area contributed by atoms with Gasteiger partial charge in [0.1, 0.15) is 30.2 Å². The summed E-state index contributed by atoms with van der Waals surface area (Å²) in [5, 5.41) is 10.5. The maximum Gasteiger partial charge on any atom is 0.399 e. The number of hydrogen-bond acceptors (Lipinski definition) is 11. The third kappa shape index (κ3) is 13.8. The average Bonchev–Trinajstić information content (AvgIpc) is 4.32. The zero-order chi connectivity index (χ0) is 58.2. The molecule has 0 aliphatic carbocycles. The molecule has 0 spiro atoms. The van der Waals surface area contributed by atoms with Gasteiger partial charge in [-0.15, -0.1) is 0 Å². The number of likely N-dealkylation sites (tertiary alicyclic amines) is 2. The summed E-state index contributed by atoms with van der Waals surface area (Å²) in [6.45, 7) is 2.97. The highest BCUT2D eigenvalue weighted by Gasteiger charge is 2.50. The van der Waals surface area contributed by atoms with Gasteiger partial charge in [0, 0.05) is 73.7 Å². The highest BCUT2D eigenvalue weighted by atomic mass is 31.2. The van der Waals surface area contributed by atoms with Gasteiger partial charge in [-0.05, 0) is 98.7 Å². The number of unbranched alkanes of at least 4 members (excludes halogenated alkanes) is 1. The fourth-order valence-electron chi connectivity index (χ4n) is 10.8. The fourth-order valence-corrected chi connectivity index (χ4v) is 11.3. The third-order valence-electron chi connectivity index (χ3n) is 15.3. The first-order valence-electron chi connectivity index (χ1n) is 27.1. The molecule has 8 N–H and O–H groups in total. The van der Waals surface area contributed by atoms with Crippen LogP contribution in [-0.2, 0) is 50.3 Å². The van der Waals surface area contributed by atoms with Crippen molar-refractivity contribution < 1.29 is 66.3 Å². The first-order chi connectivity index (χ1) is 38.6. The maximum absolute atomic E-state index is 14.6. The number of hydrogen-bond donors (Lipinski definition) is 7. The number of alkyl halides is 2. The largest absolute Gasteiger partial charge is 0.399 e. The molecule has 1 aromatic heterocycles. The van der Waals surface area contributed by atoms with E-state index in [1.165, 1.54) is 15.9 Å². The number of imide groups is 1. The van der Waals surface area contributed by atoms with Gasteiger partial charge in [-0.25, -0.2) is 0 Å². The van der Waals surface area contributed by atoms with Gasteiger partial charge >= 0.3 is 13.3 Å². The zero-order valence-electron chi connectivity index (χ0n) is 44.5. The van der Waals surface area contributed by atoms with Crippen molar-refractivity contribution in [2.45, 2.75) is 133 Å². The van der Waals surface area contributed by atoms with Crippen molar-refractivity contribution in [2.75, 3.05) is 19.6 Å². The molecule has 4 aliphatic rings. The Hall–Kier alpha value is -7.93. The van der Waals surface area contributed by atoms with E-state index in [2.05, 4.69) is 38.1 Å². The van der Waals surface area contributed by atoms with Crippen LogP contribution in [0.4, 0.5) is 8.78 Å². The first kappa shape index (κ1) is 59.2. The molecule has 81 heavy (non-hydrogen) atoms. The van der Waals surface area contributed by atoms with Crippen LogP contribution in [0.3, 0.4) is 0 Å². The molecule has 0 radical (unpaired) electrons. The summed E-state index contributed by atoms with van der Waals surface area (Å²) in [6.07, 6.45) is 5.44. The number of carbonyl (C=O) groups excluding carboxylic acids is 9. The van der Waals surface area contributed by atoms with Gasteiger partial charge in [0.15, 0.2) is 0 Å². The number of nitrogens with one attached hydrogen (secondary N) is 4. The summed E-state index contributed by atoms with van der Waals surface area (Å²) in [4.78, 5) is 148. The Kier molecular flexibility index (Phi) is 18.8. The molecule has 0 bridgehead atoms. The van der Waals surface area contributed by atoms with E-state index in [1.54, 1.807) is 47.4 Å². The maximum atomic E-state index is 14.6. The lowest BCUT2D eigenvalue weighted by Crippen LogP contribution is -2.57. The van der Waals surface area contributed by atoms with Crippen LogP contribution >= 0.6 is 7.60 Å². The highest BCUT2D eigenvalue weighted by Crippen LogP contribution is 2.59. The quantitative estimate of drug-likeness (QED) is 0.0372. The number of nitrogens with zero attached hydrogens (tertiary/aromatic N) is 4. The van der Waals surface area contributed by atoms with Gasteiger partial charge in [0.2, 0.25) is 41.4 Å². The second-order valence-corrected chi connectivity index (χ2v) is 22.5. The predicted octanol–water partition coefficient (Wildman–Crippen LogP) is 4.18. The van der Waals surface area contributed by atoms with E-state index in [4.69, 9.17) is 5.73 Å². The second-order valence-electron chi connectivity index (χ2n) is 20.8. The summed E-state index contributed by atoms with van der Waals surface area (Å²) >= 11 is 0. The van der Waals surface area contributed by atoms with E-state index in [-0.39, 0.29) is 91.7 Å². The Morgan fingerprint density at radius 2 is 1.64 bits per heavy atom. The van der Waals surface area contributed by atoms with Crippen molar-refractivity contribution in [1.82, 2.24) is 41.0 Å². The molecule has 24 heteroatoms. The number of primary amides is 1. The smallest absolute Gasteiger partial charge is 0.370 e. The molecule has 8 rings (SSSR count). The van der Waals surface area contributed by atoms with E-state index in [0.717, 1.165) is 36.4 Å². The third-order valence-corrected chi connectivity index (χ3v) is 16.3. The molecule has 428 valence electrons. The fraction of sp³-hybridized carbons (Fsp3) is 0.439. The number of benzene rings is 3. The van der Waals surface area contributed by atoms with Gasteiger partial charge in [-0.1, -0.05) is 74.1 Å². The van der Waals surface area contributed by atoms with E-state index in [9.17, 15) is 66.3 Å². The molecule has 5 atom stereocenters. The number of aromatic nitrogens is 1. The minimum absolute atomic E-state index is 0.0233. The number of carbonyl (C=O) groups is 9. The van der Waals surface area contributed by atoms with Gasteiger partial charge in [0.25, 0.3) is 11.8 Å². The van der Waals surface area contributed by atoms with Crippen LogP contribution in [0.25, 0.3) is 10.9 Å².